The van der Waals surface area contributed by atoms with Crippen LogP contribution in [0.2, 0.25) is 5.15 Å². The maximum absolute atomic E-state index is 13.6. The zero-order chi connectivity index (χ0) is 13.6. The first-order valence-corrected chi connectivity index (χ1v) is 7.34. The van der Waals surface area contributed by atoms with Gasteiger partial charge in [-0.25, -0.2) is 19.3 Å². The molecule has 0 unspecified atom stereocenters. The Kier molecular flexibility index (Phi) is 3.24. The topological polar surface area (TPSA) is 38.7 Å². The van der Waals surface area contributed by atoms with E-state index in [-0.39, 0.29) is 11.0 Å². The van der Waals surface area contributed by atoms with Crippen LogP contribution in [-0.2, 0) is 0 Å². The third-order valence-corrected chi connectivity index (χ3v) is 4.21. The molecule has 19 heavy (non-hydrogen) atoms. The predicted molar refractivity (Wildman–Crippen MR) is 78.1 cm³/mol. The molecule has 0 fully saturated rings. The molecule has 0 aliphatic rings. The van der Waals surface area contributed by atoms with Gasteiger partial charge in [0.15, 0.2) is 5.82 Å². The van der Waals surface area contributed by atoms with Crippen molar-refractivity contribution >= 4 is 49.8 Å². The van der Waals surface area contributed by atoms with Crippen LogP contribution >= 0.6 is 38.9 Å². The van der Waals surface area contributed by atoms with Gasteiger partial charge in [-0.05, 0) is 28.9 Å². The van der Waals surface area contributed by atoms with Gasteiger partial charge < -0.3 is 0 Å². The molecule has 0 radical (unpaired) electrons. The monoisotopic (exact) mass is 357 g/mol. The average Bonchev–Trinajstić information content (AvgIpc) is 2.78. The van der Waals surface area contributed by atoms with Crippen LogP contribution in [0.5, 0.6) is 0 Å². The van der Waals surface area contributed by atoms with E-state index >= 15 is 0 Å². The molecule has 7 heteroatoms. The highest BCUT2D eigenvalue weighted by molar-refractivity contribution is 9.10. The second-order valence-corrected chi connectivity index (χ2v) is 6.15. The van der Waals surface area contributed by atoms with Crippen LogP contribution in [0.3, 0.4) is 0 Å². The van der Waals surface area contributed by atoms with E-state index in [1.807, 2.05) is 12.3 Å². The summed E-state index contributed by atoms with van der Waals surface area (Å²) in [5.41, 5.74) is 1.11. The molecule has 0 spiro atoms. The third-order valence-electron chi connectivity index (χ3n) is 2.54. The second-order valence-electron chi connectivity index (χ2n) is 3.87. The molecule has 1 aromatic carbocycles. The average molecular weight is 359 g/mol. The lowest BCUT2D eigenvalue weighted by molar-refractivity contribution is 0.623. The van der Waals surface area contributed by atoms with E-state index in [0.29, 0.717) is 26.9 Å². The number of hydrogen-bond donors (Lipinski definition) is 0. The first-order valence-electron chi connectivity index (χ1n) is 5.29. The summed E-state index contributed by atoms with van der Waals surface area (Å²) in [4.78, 5) is 12.8. The SMILES string of the molecule is Cc1nc(-c2nc(Cl)c3cc(Br)c(F)cc3n2)cs1. The van der Waals surface area contributed by atoms with Crippen LogP contribution in [0.1, 0.15) is 5.01 Å². The summed E-state index contributed by atoms with van der Waals surface area (Å²) < 4.78 is 13.9. The first kappa shape index (κ1) is 12.9. The van der Waals surface area contributed by atoms with Gasteiger partial charge in [0.05, 0.1) is 15.0 Å². The van der Waals surface area contributed by atoms with Crippen LogP contribution in [0, 0.1) is 12.7 Å². The maximum Gasteiger partial charge on any atom is 0.181 e. The minimum atomic E-state index is -0.386. The number of nitrogens with zero attached hydrogens (tertiary/aromatic N) is 3. The van der Waals surface area contributed by atoms with E-state index < -0.39 is 0 Å². The van der Waals surface area contributed by atoms with Crippen molar-refractivity contribution in [2.24, 2.45) is 0 Å². The molecule has 0 aliphatic carbocycles. The summed E-state index contributed by atoms with van der Waals surface area (Å²) in [6.07, 6.45) is 0. The largest absolute Gasteiger partial charge is 0.238 e. The summed E-state index contributed by atoms with van der Waals surface area (Å²) in [7, 11) is 0. The molecule has 0 saturated carbocycles. The number of aromatic nitrogens is 3. The Morgan fingerprint density at radius 2 is 2.05 bits per heavy atom. The van der Waals surface area contributed by atoms with Gasteiger partial charge in [-0.2, -0.15) is 0 Å². The van der Waals surface area contributed by atoms with Crippen LogP contribution in [0.15, 0.2) is 22.0 Å². The Bertz CT molecular complexity index is 790. The fraction of sp³-hybridized carbons (Fsp3) is 0.0833. The van der Waals surface area contributed by atoms with Crippen molar-refractivity contribution in [3.63, 3.8) is 0 Å². The molecule has 0 saturated heterocycles. The summed E-state index contributed by atoms with van der Waals surface area (Å²) in [5, 5.41) is 3.65. The molecule has 0 N–H and O–H groups in total. The highest BCUT2D eigenvalue weighted by Crippen LogP contribution is 2.29. The van der Waals surface area contributed by atoms with Crippen molar-refractivity contribution in [1.29, 1.82) is 0 Å². The number of aryl methyl sites for hydroxylation is 1. The van der Waals surface area contributed by atoms with Crippen molar-refractivity contribution in [2.45, 2.75) is 6.92 Å². The standard InChI is InChI=1S/C12H6BrClFN3S/c1-5-16-10(4-19-5)12-17-9-3-8(15)7(13)2-6(9)11(14)18-12/h2-4H,1H3. The van der Waals surface area contributed by atoms with Gasteiger partial charge in [0.1, 0.15) is 16.7 Å². The number of rotatable bonds is 1. The molecule has 2 aromatic heterocycles. The Morgan fingerprint density at radius 1 is 1.26 bits per heavy atom. The lowest BCUT2D eigenvalue weighted by Crippen LogP contribution is -1.93. The number of hydrogen-bond acceptors (Lipinski definition) is 4. The molecule has 0 amide bonds. The molecule has 3 nitrogen and oxygen atoms in total. The molecule has 0 bridgehead atoms. The summed E-state index contributed by atoms with van der Waals surface area (Å²) >= 11 is 10.7. The molecule has 2 heterocycles. The quantitative estimate of drug-likeness (QED) is 0.596. The smallest absolute Gasteiger partial charge is 0.181 e. The van der Waals surface area contributed by atoms with Crippen molar-refractivity contribution in [3.05, 3.63) is 38.0 Å². The van der Waals surface area contributed by atoms with Gasteiger partial charge in [-0.3, -0.25) is 0 Å². The Hall–Kier alpha value is -1.11. The Morgan fingerprint density at radius 3 is 2.74 bits per heavy atom. The van der Waals surface area contributed by atoms with Gasteiger partial charge in [0, 0.05) is 16.8 Å². The van der Waals surface area contributed by atoms with Crippen LogP contribution in [0.25, 0.3) is 22.4 Å². The fourth-order valence-corrected chi connectivity index (χ4v) is 2.83. The molecule has 3 aromatic rings. The molecule has 0 aliphatic heterocycles. The Labute approximate surface area is 125 Å². The minimum Gasteiger partial charge on any atom is -0.238 e. The van der Waals surface area contributed by atoms with Crippen molar-refractivity contribution in [1.82, 2.24) is 15.0 Å². The molecule has 0 atom stereocenters. The normalized spacial score (nSPS) is 11.2. The Balaban J connectivity index is 2.27. The van der Waals surface area contributed by atoms with Gasteiger partial charge >= 0.3 is 0 Å². The maximum atomic E-state index is 13.6. The summed E-state index contributed by atoms with van der Waals surface area (Å²) in [6.45, 7) is 1.90. The lowest BCUT2D eigenvalue weighted by atomic mass is 10.2. The van der Waals surface area contributed by atoms with E-state index in [1.54, 1.807) is 6.07 Å². The van der Waals surface area contributed by atoms with Crippen molar-refractivity contribution < 1.29 is 4.39 Å². The van der Waals surface area contributed by atoms with Crippen molar-refractivity contribution in [2.75, 3.05) is 0 Å². The molecular formula is C12H6BrClFN3S. The lowest BCUT2D eigenvalue weighted by Gasteiger charge is -2.04. The van der Waals surface area contributed by atoms with Gasteiger partial charge in [-0.1, -0.05) is 11.6 Å². The third kappa shape index (κ3) is 2.35. The second kappa shape index (κ2) is 4.77. The molecule has 3 rings (SSSR count). The highest BCUT2D eigenvalue weighted by atomic mass is 79.9. The van der Waals surface area contributed by atoms with Crippen LogP contribution in [-0.4, -0.2) is 15.0 Å². The number of benzene rings is 1. The van der Waals surface area contributed by atoms with E-state index in [9.17, 15) is 4.39 Å². The zero-order valence-corrected chi connectivity index (χ0v) is 12.8. The van der Waals surface area contributed by atoms with Crippen molar-refractivity contribution in [3.8, 4) is 11.5 Å². The zero-order valence-electron chi connectivity index (χ0n) is 9.62. The van der Waals surface area contributed by atoms with Crippen LogP contribution in [0.4, 0.5) is 4.39 Å². The van der Waals surface area contributed by atoms with Crippen LogP contribution < -0.4 is 0 Å². The van der Waals surface area contributed by atoms with Gasteiger partial charge in [-0.15, -0.1) is 11.3 Å². The predicted octanol–water partition coefficient (Wildman–Crippen LogP) is 4.62. The number of halogens is 3. The van der Waals surface area contributed by atoms with E-state index in [1.165, 1.54) is 17.4 Å². The molecular weight excluding hydrogens is 353 g/mol. The van der Waals surface area contributed by atoms with Gasteiger partial charge in [0.2, 0.25) is 0 Å². The summed E-state index contributed by atoms with van der Waals surface area (Å²) in [5.74, 6) is 0.0197. The minimum absolute atomic E-state index is 0.284. The first-order chi connectivity index (χ1) is 9.04. The van der Waals surface area contributed by atoms with Gasteiger partial charge in [0.25, 0.3) is 0 Å². The fourth-order valence-electron chi connectivity index (χ4n) is 1.67. The van der Waals surface area contributed by atoms with E-state index in [0.717, 1.165) is 5.01 Å². The highest BCUT2D eigenvalue weighted by Gasteiger charge is 2.12. The summed E-state index contributed by atoms with van der Waals surface area (Å²) in [6, 6.07) is 2.90. The molecule has 96 valence electrons. The number of fused-ring (bicyclic) bond motifs is 1. The van der Waals surface area contributed by atoms with E-state index in [4.69, 9.17) is 11.6 Å². The number of thiazole rings is 1. The van der Waals surface area contributed by atoms with E-state index in [2.05, 4.69) is 30.9 Å².